The van der Waals surface area contributed by atoms with Gasteiger partial charge in [0.1, 0.15) is 5.58 Å². The topological polar surface area (TPSA) is 96.9 Å². The third kappa shape index (κ3) is 3.76. The maximum Gasteiger partial charge on any atom is 0.290 e. The lowest BCUT2D eigenvalue weighted by Gasteiger charge is -2.25. The lowest BCUT2D eigenvalue weighted by atomic mass is 9.98. The summed E-state index contributed by atoms with van der Waals surface area (Å²) in [6.45, 7) is 2.95. The second-order valence-electron chi connectivity index (χ2n) is 8.18. The van der Waals surface area contributed by atoms with E-state index in [4.69, 9.17) is 16.0 Å². The predicted molar refractivity (Wildman–Crippen MR) is 121 cm³/mol. The molecule has 1 amide bonds. The third-order valence-electron chi connectivity index (χ3n) is 5.67. The van der Waals surface area contributed by atoms with Crippen molar-refractivity contribution in [3.8, 4) is 0 Å². The van der Waals surface area contributed by atoms with Crippen LogP contribution in [0, 0.1) is 17.0 Å². The fraction of sp³-hybridized carbons (Fsp3) is 0.304. The minimum absolute atomic E-state index is 0.0115. The number of carbonyl (C=O) groups is 1. The molecule has 9 heteroatoms. The fourth-order valence-electron chi connectivity index (χ4n) is 4.05. The fourth-order valence-corrected chi connectivity index (χ4v) is 4.22. The number of non-ortho nitro benzene ring substituents is 1. The Kier molecular flexibility index (Phi) is 5.75. The monoisotopic (exact) mass is 455 g/mol. The second kappa shape index (κ2) is 8.37. The first kappa shape index (κ1) is 22.0. The SMILES string of the molecule is Cc1cc2oc3c(c(=O)c2cc1Cl)C(c1ccc([N+](=O)[O-])cc1)N(CCCN(C)C)C3=O. The molecule has 1 atom stereocenters. The molecule has 2 aromatic carbocycles. The molecule has 4 rings (SSSR count). The largest absolute Gasteiger partial charge is 0.450 e. The van der Waals surface area contributed by atoms with Crippen LogP contribution in [0.25, 0.3) is 11.0 Å². The van der Waals surface area contributed by atoms with E-state index in [1.165, 1.54) is 12.1 Å². The number of hydrogen-bond donors (Lipinski definition) is 0. The summed E-state index contributed by atoms with van der Waals surface area (Å²) < 4.78 is 5.94. The van der Waals surface area contributed by atoms with Crippen molar-refractivity contribution in [3.63, 3.8) is 0 Å². The molecular weight excluding hydrogens is 434 g/mol. The minimum atomic E-state index is -0.693. The maximum absolute atomic E-state index is 13.5. The quantitative estimate of drug-likeness (QED) is 0.409. The average Bonchev–Trinajstić information content (AvgIpc) is 3.02. The van der Waals surface area contributed by atoms with Crippen molar-refractivity contribution >= 4 is 34.2 Å². The zero-order valence-electron chi connectivity index (χ0n) is 17.9. The molecule has 0 bridgehead atoms. The number of halogens is 1. The van der Waals surface area contributed by atoms with Crippen LogP contribution in [-0.2, 0) is 0 Å². The molecular formula is C23H22ClN3O5. The first-order valence-electron chi connectivity index (χ1n) is 10.2. The highest BCUT2D eigenvalue weighted by Crippen LogP contribution is 2.39. The Labute approximate surface area is 189 Å². The van der Waals surface area contributed by atoms with Crippen molar-refractivity contribution < 1.29 is 14.1 Å². The van der Waals surface area contributed by atoms with Crippen molar-refractivity contribution in [2.24, 2.45) is 0 Å². The van der Waals surface area contributed by atoms with Gasteiger partial charge in [-0.1, -0.05) is 11.6 Å². The summed E-state index contributed by atoms with van der Waals surface area (Å²) in [5, 5.41) is 11.8. The van der Waals surface area contributed by atoms with Crippen LogP contribution in [-0.4, -0.2) is 47.8 Å². The molecule has 3 aromatic rings. The zero-order chi connectivity index (χ0) is 23.2. The van der Waals surface area contributed by atoms with Gasteiger partial charge in [-0.05, 0) is 69.4 Å². The summed E-state index contributed by atoms with van der Waals surface area (Å²) in [4.78, 5) is 41.0. The molecule has 32 heavy (non-hydrogen) atoms. The first-order chi connectivity index (χ1) is 15.2. The van der Waals surface area contributed by atoms with E-state index in [-0.39, 0.29) is 28.3 Å². The van der Waals surface area contributed by atoms with Crippen molar-refractivity contribution in [3.05, 3.63) is 84.2 Å². The first-order valence-corrected chi connectivity index (χ1v) is 10.5. The molecule has 0 fully saturated rings. The molecule has 0 saturated carbocycles. The van der Waals surface area contributed by atoms with E-state index < -0.39 is 11.0 Å². The van der Waals surface area contributed by atoms with Gasteiger partial charge in [-0.3, -0.25) is 19.7 Å². The van der Waals surface area contributed by atoms with E-state index in [0.717, 1.165) is 12.1 Å². The van der Waals surface area contributed by atoms with E-state index in [1.54, 1.807) is 36.1 Å². The normalized spacial score (nSPS) is 15.6. The van der Waals surface area contributed by atoms with Crippen LogP contribution in [0.3, 0.4) is 0 Å². The Hall–Kier alpha value is -3.23. The standard InChI is InChI=1S/C23H22ClN3O5/c1-13-11-18-16(12-17(13)24)21(28)19-20(14-5-7-15(8-6-14)27(30)31)26(10-4-9-25(2)3)23(29)22(19)32-18/h5-8,11-12,20H,4,9-10H2,1-3H3. The van der Waals surface area contributed by atoms with Gasteiger partial charge in [0.15, 0.2) is 5.43 Å². The van der Waals surface area contributed by atoms with E-state index in [2.05, 4.69) is 0 Å². The van der Waals surface area contributed by atoms with Gasteiger partial charge in [0.05, 0.1) is 21.9 Å². The maximum atomic E-state index is 13.5. The number of fused-ring (bicyclic) bond motifs is 2. The molecule has 0 N–H and O–H groups in total. The lowest BCUT2D eigenvalue weighted by molar-refractivity contribution is -0.384. The molecule has 1 unspecified atom stereocenters. The van der Waals surface area contributed by atoms with Gasteiger partial charge < -0.3 is 14.2 Å². The minimum Gasteiger partial charge on any atom is -0.450 e. The van der Waals surface area contributed by atoms with Gasteiger partial charge in [0, 0.05) is 23.7 Å². The molecule has 1 aliphatic rings. The van der Waals surface area contributed by atoms with Gasteiger partial charge in [-0.2, -0.15) is 0 Å². The molecule has 166 valence electrons. The molecule has 0 aliphatic carbocycles. The summed E-state index contributed by atoms with van der Waals surface area (Å²) in [5.41, 5.74) is 1.50. The van der Waals surface area contributed by atoms with Crippen LogP contribution in [0.5, 0.6) is 0 Å². The number of benzene rings is 2. The van der Waals surface area contributed by atoms with Crippen LogP contribution in [0.15, 0.2) is 45.6 Å². The number of hydrogen-bond acceptors (Lipinski definition) is 6. The zero-order valence-corrected chi connectivity index (χ0v) is 18.7. The highest BCUT2D eigenvalue weighted by atomic mass is 35.5. The Morgan fingerprint density at radius 3 is 2.50 bits per heavy atom. The van der Waals surface area contributed by atoms with Crippen molar-refractivity contribution in [1.29, 1.82) is 0 Å². The Balaban J connectivity index is 1.89. The van der Waals surface area contributed by atoms with Gasteiger partial charge in [0.2, 0.25) is 5.76 Å². The molecule has 1 aromatic heterocycles. The van der Waals surface area contributed by atoms with E-state index in [9.17, 15) is 19.7 Å². The van der Waals surface area contributed by atoms with Crippen molar-refractivity contribution in [2.75, 3.05) is 27.2 Å². The van der Waals surface area contributed by atoms with Crippen molar-refractivity contribution in [1.82, 2.24) is 9.80 Å². The summed E-state index contributed by atoms with van der Waals surface area (Å²) in [7, 11) is 3.89. The number of nitro groups is 1. The van der Waals surface area contributed by atoms with Crippen molar-refractivity contribution in [2.45, 2.75) is 19.4 Å². The Morgan fingerprint density at radius 1 is 1.19 bits per heavy atom. The number of nitro benzene ring substituents is 1. The molecule has 0 saturated heterocycles. The molecule has 0 radical (unpaired) electrons. The van der Waals surface area contributed by atoms with Gasteiger partial charge in [-0.15, -0.1) is 0 Å². The summed E-state index contributed by atoms with van der Waals surface area (Å²) in [6, 6.07) is 8.43. The smallest absolute Gasteiger partial charge is 0.290 e. The van der Waals surface area contributed by atoms with E-state index in [0.29, 0.717) is 34.5 Å². The predicted octanol–water partition coefficient (Wildman–Crippen LogP) is 4.16. The second-order valence-corrected chi connectivity index (χ2v) is 8.59. The van der Waals surface area contributed by atoms with Gasteiger partial charge in [0.25, 0.3) is 11.6 Å². The Bertz CT molecular complexity index is 1280. The number of aryl methyl sites for hydroxylation is 1. The lowest BCUT2D eigenvalue weighted by Crippen LogP contribution is -2.32. The van der Waals surface area contributed by atoms with Gasteiger partial charge >= 0.3 is 0 Å². The highest BCUT2D eigenvalue weighted by molar-refractivity contribution is 6.32. The van der Waals surface area contributed by atoms with Crippen LogP contribution in [0.1, 0.15) is 39.7 Å². The number of carbonyl (C=O) groups excluding carboxylic acids is 1. The van der Waals surface area contributed by atoms with E-state index >= 15 is 0 Å². The number of rotatable bonds is 6. The number of amides is 1. The Morgan fingerprint density at radius 2 is 1.88 bits per heavy atom. The average molecular weight is 456 g/mol. The molecule has 0 spiro atoms. The summed E-state index contributed by atoms with van der Waals surface area (Å²) in [6.07, 6.45) is 0.689. The third-order valence-corrected chi connectivity index (χ3v) is 6.08. The summed E-state index contributed by atoms with van der Waals surface area (Å²) in [5.74, 6) is -0.355. The van der Waals surface area contributed by atoms with E-state index in [1.807, 2.05) is 19.0 Å². The summed E-state index contributed by atoms with van der Waals surface area (Å²) >= 11 is 6.24. The highest BCUT2D eigenvalue weighted by Gasteiger charge is 2.42. The van der Waals surface area contributed by atoms with Crippen LogP contribution >= 0.6 is 11.6 Å². The van der Waals surface area contributed by atoms with Gasteiger partial charge in [-0.25, -0.2) is 0 Å². The molecule has 8 nitrogen and oxygen atoms in total. The van der Waals surface area contributed by atoms with Crippen LogP contribution < -0.4 is 5.43 Å². The molecule has 1 aliphatic heterocycles. The molecule has 2 heterocycles. The van der Waals surface area contributed by atoms with Crippen LogP contribution in [0.2, 0.25) is 5.02 Å². The number of nitrogens with zero attached hydrogens (tertiary/aromatic N) is 3. The van der Waals surface area contributed by atoms with Crippen LogP contribution in [0.4, 0.5) is 5.69 Å².